The van der Waals surface area contributed by atoms with Gasteiger partial charge in [0.1, 0.15) is 17.5 Å². The third kappa shape index (κ3) is 3.17. The standard InChI is InChI=1S/C13H11F3N2O2S/c14-9-5-10(15)13(11(16)6-9)21(19,20)18-12-4-2-1-3-8(12)7-17/h1-6,18H,7,17H2. The summed E-state index contributed by atoms with van der Waals surface area (Å²) in [4.78, 5) is -1.24. The van der Waals surface area contributed by atoms with Crippen molar-refractivity contribution in [3.63, 3.8) is 0 Å². The Morgan fingerprint density at radius 3 is 2.19 bits per heavy atom. The number of anilines is 1. The van der Waals surface area contributed by atoms with Gasteiger partial charge in [0.05, 0.1) is 5.69 Å². The molecule has 0 aromatic heterocycles. The first-order valence-corrected chi connectivity index (χ1v) is 7.29. The molecule has 0 saturated heterocycles. The second kappa shape index (κ2) is 5.74. The molecule has 0 fully saturated rings. The Morgan fingerprint density at radius 2 is 1.62 bits per heavy atom. The topological polar surface area (TPSA) is 72.2 Å². The Balaban J connectivity index is 2.49. The fourth-order valence-electron chi connectivity index (χ4n) is 1.78. The summed E-state index contributed by atoms with van der Waals surface area (Å²) in [6.45, 7) is 0.0348. The van der Waals surface area contributed by atoms with Crippen LogP contribution in [0.25, 0.3) is 0 Å². The van der Waals surface area contributed by atoms with E-state index >= 15 is 0 Å². The van der Waals surface area contributed by atoms with Crippen molar-refractivity contribution in [1.82, 2.24) is 0 Å². The minimum atomic E-state index is -4.55. The highest BCUT2D eigenvalue weighted by Gasteiger charge is 2.25. The Morgan fingerprint density at radius 1 is 1.05 bits per heavy atom. The second-order valence-electron chi connectivity index (χ2n) is 4.17. The van der Waals surface area contributed by atoms with Crippen molar-refractivity contribution >= 4 is 15.7 Å². The molecule has 0 saturated carbocycles. The van der Waals surface area contributed by atoms with Crippen molar-refractivity contribution in [2.45, 2.75) is 11.4 Å². The zero-order chi connectivity index (χ0) is 15.6. The van der Waals surface area contributed by atoms with E-state index < -0.39 is 32.4 Å². The highest BCUT2D eigenvalue weighted by atomic mass is 32.2. The number of halogens is 3. The van der Waals surface area contributed by atoms with Gasteiger partial charge in [-0.1, -0.05) is 18.2 Å². The van der Waals surface area contributed by atoms with Gasteiger partial charge >= 0.3 is 0 Å². The van der Waals surface area contributed by atoms with Gasteiger partial charge in [-0.3, -0.25) is 4.72 Å². The first-order valence-electron chi connectivity index (χ1n) is 5.80. The molecule has 0 spiro atoms. The molecule has 0 atom stereocenters. The van der Waals surface area contributed by atoms with Crippen LogP contribution in [-0.4, -0.2) is 8.42 Å². The number of benzene rings is 2. The molecule has 2 aromatic carbocycles. The number of nitrogens with two attached hydrogens (primary N) is 1. The molecule has 0 unspecified atom stereocenters. The van der Waals surface area contributed by atoms with Crippen LogP contribution in [0, 0.1) is 17.5 Å². The molecule has 3 N–H and O–H groups in total. The summed E-state index contributed by atoms with van der Waals surface area (Å²) in [5.41, 5.74) is 6.00. The van der Waals surface area contributed by atoms with Crippen LogP contribution in [0.5, 0.6) is 0 Å². The van der Waals surface area contributed by atoms with Gasteiger partial charge in [0, 0.05) is 18.7 Å². The highest BCUT2D eigenvalue weighted by molar-refractivity contribution is 7.92. The van der Waals surface area contributed by atoms with Crippen LogP contribution in [-0.2, 0) is 16.6 Å². The lowest BCUT2D eigenvalue weighted by Gasteiger charge is -2.12. The van der Waals surface area contributed by atoms with E-state index in [1.165, 1.54) is 12.1 Å². The van der Waals surface area contributed by atoms with E-state index in [0.717, 1.165) is 0 Å². The lowest BCUT2D eigenvalue weighted by Crippen LogP contribution is -2.18. The van der Waals surface area contributed by atoms with Gasteiger partial charge in [-0.15, -0.1) is 0 Å². The summed E-state index contributed by atoms with van der Waals surface area (Å²) in [7, 11) is -4.55. The van der Waals surface area contributed by atoms with Gasteiger partial charge in [0.25, 0.3) is 10.0 Å². The van der Waals surface area contributed by atoms with E-state index in [2.05, 4.69) is 0 Å². The number of sulfonamides is 1. The molecule has 0 bridgehead atoms. The summed E-state index contributed by atoms with van der Waals surface area (Å²) < 4.78 is 66.1. The number of hydrogen-bond donors (Lipinski definition) is 2. The second-order valence-corrected chi connectivity index (χ2v) is 5.78. The number of rotatable bonds is 4. The summed E-state index contributed by atoms with van der Waals surface area (Å²) in [5, 5.41) is 0. The SMILES string of the molecule is NCc1ccccc1NS(=O)(=O)c1c(F)cc(F)cc1F. The average Bonchev–Trinajstić information content (AvgIpc) is 2.37. The van der Waals surface area contributed by atoms with E-state index in [0.29, 0.717) is 17.7 Å². The predicted molar refractivity (Wildman–Crippen MR) is 71.5 cm³/mol. The van der Waals surface area contributed by atoms with Crippen LogP contribution >= 0.6 is 0 Å². The lowest BCUT2D eigenvalue weighted by molar-refractivity contribution is 0.498. The summed E-state index contributed by atoms with van der Waals surface area (Å²) in [5.74, 6) is -4.22. The van der Waals surface area contributed by atoms with Crippen molar-refractivity contribution in [3.05, 3.63) is 59.4 Å². The molecule has 112 valence electrons. The molecule has 2 aromatic rings. The predicted octanol–water partition coefficient (Wildman–Crippen LogP) is 2.36. The Kier molecular flexibility index (Phi) is 4.19. The maximum Gasteiger partial charge on any atom is 0.267 e. The summed E-state index contributed by atoms with van der Waals surface area (Å²) in [6.07, 6.45) is 0. The maximum absolute atomic E-state index is 13.6. The van der Waals surface area contributed by atoms with Gasteiger partial charge in [-0.05, 0) is 11.6 Å². The number of hydrogen-bond acceptors (Lipinski definition) is 3. The van der Waals surface area contributed by atoms with Crippen LogP contribution in [0.4, 0.5) is 18.9 Å². The van der Waals surface area contributed by atoms with E-state index in [4.69, 9.17) is 5.73 Å². The van der Waals surface area contributed by atoms with Crippen molar-refractivity contribution in [2.75, 3.05) is 4.72 Å². The monoisotopic (exact) mass is 316 g/mol. The smallest absolute Gasteiger partial charge is 0.267 e. The van der Waals surface area contributed by atoms with E-state index in [9.17, 15) is 21.6 Å². The number of para-hydroxylation sites is 1. The Bertz CT molecular complexity index is 756. The van der Waals surface area contributed by atoms with Crippen molar-refractivity contribution in [3.8, 4) is 0 Å². The first kappa shape index (κ1) is 15.3. The molecule has 0 amide bonds. The maximum atomic E-state index is 13.6. The molecule has 2 rings (SSSR count). The van der Waals surface area contributed by atoms with Gasteiger partial charge in [-0.2, -0.15) is 0 Å². The molecule has 0 heterocycles. The van der Waals surface area contributed by atoms with Gasteiger partial charge in [0.2, 0.25) is 0 Å². The molecular formula is C13H11F3N2O2S. The first-order chi connectivity index (χ1) is 9.85. The largest absolute Gasteiger partial charge is 0.326 e. The fraction of sp³-hybridized carbons (Fsp3) is 0.0769. The third-order valence-corrected chi connectivity index (χ3v) is 4.13. The molecule has 0 aliphatic carbocycles. The summed E-state index contributed by atoms with van der Waals surface area (Å²) in [6, 6.07) is 6.74. The third-order valence-electron chi connectivity index (χ3n) is 2.71. The molecule has 0 radical (unpaired) electrons. The minimum absolute atomic E-state index is 0.0348. The van der Waals surface area contributed by atoms with E-state index in [1.54, 1.807) is 12.1 Å². The van der Waals surface area contributed by atoms with Crippen molar-refractivity contribution in [2.24, 2.45) is 5.73 Å². The molecule has 4 nitrogen and oxygen atoms in total. The van der Waals surface area contributed by atoms with Crippen LogP contribution < -0.4 is 10.5 Å². The zero-order valence-corrected chi connectivity index (χ0v) is 11.4. The summed E-state index contributed by atoms with van der Waals surface area (Å²) >= 11 is 0. The molecule has 0 aliphatic rings. The van der Waals surface area contributed by atoms with E-state index in [1.807, 2.05) is 4.72 Å². The Labute approximate surface area is 119 Å². The van der Waals surface area contributed by atoms with Gasteiger partial charge in [0.15, 0.2) is 4.90 Å². The van der Waals surface area contributed by atoms with E-state index in [-0.39, 0.29) is 12.2 Å². The van der Waals surface area contributed by atoms with Gasteiger partial charge < -0.3 is 5.73 Å². The van der Waals surface area contributed by atoms with Crippen LogP contribution in [0.3, 0.4) is 0 Å². The lowest BCUT2D eigenvalue weighted by atomic mass is 10.2. The normalized spacial score (nSPS) is 11.4. The highest BCUT2D eigenvalue weighted by Crippen LogP contribution is 2.24. The Hall–Kier alpha value is -2.06. The number of nitrogens with one attached hydrogen (secondary N) is 1. The quantitative estimate of drug-likeness (QED) is 0.909. The van der Waals surface area contributed by atoms with Crippen LogP contribution in [0.2, 0.25) is 0 Å². The van der Waals surface area contributed by atoms with Crippen LogP contribution in [0.15, 0.2) is 41.3 Å². The molecule has 21 heavy (non-hydrogen) atoms. The molecule has 8 heteroatoms. The average molecular weight is 316 g/mol. The minimum Gasteiger partial charge on any atom is -0.326 e. The molecule has 0 aliphatic heterocycles. The zero-order valence-electron chi connectivity index (χ0n) is 10.6. The van der Waals surface area contributed by atoms with Crippen LogP contribution in [0.1, 0.15) is 5.56 Å². The van der Waals surface area contributed by atoms with Gasteiger partial charge in [-0.25, -0.2) is 21.6 Å². The molecular weight excluding hydrogens is 305 g/mol. The fourth-order valence-corrected chi connectivity index (χ4v) is 3.00. The van der Waals surface area contributed by atoms with Crippen molar-refractivity contribution in [1.29, 1.82) is 0 Å². The van der Waals surface area contributed by atoms with Crippen molar-refractivity contribution < 1.29 is 21.6 Å².